The molecule has 0 unspecified atom stereocenters. The van der Waals surface area contributed by atoms with E-state index in [1.165, 1.54) is 0 Å². The maximum absolute atomic E-state index is 13.6. The van der Waals surface area contributed by atoms with E-state index in [0.29, 0.717) is 30.3 Å². The molecule has 7 heteroatoms. The highest BCUT2D eigenvalue weighted by molar-refractivity contribution is 9.10. The number of amides is 2. The first kappa shape index (κ1) is 27.3. The van der Waals surface area contributed by atoms with Gasteiger partial charge in [0.2, 0.25) is 11.8 Å². The first-order valence-electron chi connectivity index (χ1n) is 11.6. The lowest BCUT2D eigenvalue weighted by molar-refractivity contribution is -0.139. The van der Waals surface area contributed by atoms with E-state index in [-0.39, 0.29) is 17.6 Å². The molecule has 35 heavy (non-hydrogen) atoms. The van der Waals surface area contributed by atoms with Crippen LogP contribution in [-0.2, 0) is 28.3 Å². The van der Waals surface area contributed by atoms with E-state index < -0.39 is 6.04 Å². The largest absolute Gasteiger partial charge is 0.354 e. The maximum Gasteiger partial charge on any atom is 0.243 e. The van der Waals surface area contributed by atoms with Gasteiger partial charge in [-0.1, -0.05) is 89.1 Å². The van der Waals surface area contributed by atoms with Crippen LogP contribution in [0.15, 0.2) is 83.3 Å². The standard InChI is InChI=1S/C28H30BrClN2O2S/c1-2-15-31-28(34)26(17-21-7-4-3-5-8-21)32(18-23-9-6-10-24(29)16-23)27(33)20-35-19-22-11-13-25(30)14-12-22/h3-14,16,26H,2,15,17-20H2,1H3,(H,31,34)/t26-/m1/s1. The Morgan fingerprint density at radius 3 is 2.37 bits per heavy atom. The summed E-state index contributed by atoms with van der Waals surface area (Å²) in [6.45, 7) is 2.95. The Labute approximate surface area is 225 Å². The number of hydrogen-bond donors (Lipinski definition) is 1. The number of carbonyl (C=O) groups excluding carboxylic acids is 2. The van der Waals surface area contributed by atoms with E-state index in [1.807, 2.05) is 85.8 Å². The van der Waals surface area contributed by atoms with Crippen molar-refractivity contribution in [1.29, 1.82) is 0 Å². The molecule has 3 aromatic rings. The first-order valence-corrected chi connectivity index (χ1v) is 14.0. The van der Waals surface area contributed by atoms with E-state index in [0.717, 1.165) is 27.6 Å². The van der Waals surface area contributed by atoms with E-state index in [4.69, 9.17) is 11.6 Å². The number of benzene rings is 3. The Bertz CT molecular complexity index is 1100. The minimum atomic E-state index is -0.605. The molecule has 184 valence electrons. The molecule has 0 heterocycles. The van der Waals surface area contributed by atoms with Crippen molar-refractivity contribution < 1.29 is 9.59 Å². The zero-order chi connectivity index (χ0) is 25.0. The zero-order valence-electron chi connectivity index (χ0n) is 19.8. The molecule has 0 radical (unpaired) electrons. The van der Waals surface area contributed by atoms with Crippen LogP contribution >= 0.6 is 39.3 Å². The Kier molecular flexibility index (Phi) is 11.2. The molecule has 0 saturated carbocycles. The molecule has 0 saturated heterocycles. The van der Waals surface area contributed by atoms with Crippen molar-refractivity contribution in [3.05, 3.63) is 105 Å². The van der Waals surface area contributed by atoms with Gasteiger partial charge in [0.05, 0.1) is 5.75 Å². The summed E-state index contributed by atoms with van der Waals surface area (Å²) in [6, 6.07) is 24.8. The molecular formula is C28H30BrClN2O2S. The third kappa shape index (κ3) is 9.02. The summed E-state index contributed by atoms with van der Waals surface area (Å²) < 4.78 is 0.939. The number of hydrogen-bond acceptors (Lipinski definition) is 3. The van der Waals surface area contributed by atoms with Crippen LogP contribution in [0.25, 0.3) is 0 Å². The lowest BCUT2D eigenvalue weighted by Crippen LogP contribution is -2.51. The molecule has 0 aliphatic carbocycles. The number of halogens is 2. The fourth-order valence-corrected chi connectivity index (χ4v) is 5.12. The van der Waals surface area contributed by atoms with Gasteiger partial charge in [-0.25, -0.2) is 0 Å². The second kappa shape index (κ2) is 14.3. The minimum Gasteiger partial charge on any atom is -0.354 e. The number of nitrogens with one attached hydrogen (secondary N) is 1. The van der Waals surface area contributed by atoms with Gasteiger partial charge in [0, 0.05) is 34.8 Å². The van der Waals surface area contributed by atoms with Crippen molar-refractivity contribution in [2.45, 2.75) is 38.1 Å². The molecule has 3 rings (SSSR count). The van der Waals surface area contributed by atoms with E-state index >= 15 is 0 Å². The number of thioether (sulfide) groups is 1. The summed E-state index contributed by atoms with van der Waals surface area (Å²) >= 11 is 11.0. The molecular weight excluding hydrogens is 544 g/mol. The molecule has 0 aliphatic rings. The van der Waals surface area contributed by atoms with Gasteiger partial charge in [0.15, 0.2) is 0 Å². The maximum atomic E-state index is 13.6. The van der Waals surface area contributed by atoms with Gasteiger partial charge in [-0.15, -0.1) is 11.8 Å². The third-order valence-electron chi connectivity index (χ3n) is 5.47. The van der Waals surface area contributed by atoms with Gasteiger partial charge in [0.1, 0.15) is 6.04 Å². The highest BCUT2D eigenvalue weighted by atomic mass is 79.9. The van der Waals surface area contributed by atoms with Crippen molar-refractivity contribution in [1.82, 2.24) is 10.2 Å². The Morgan fingerprint density at radius 2 is 1.69 bits per heavy atom. The van der Waals surface area contributed by atoms with E-state index in [2.05, 4.69) is 21.2 Å². The van der Waals surface area contributed by atoms with Crippen LogP contribution in [0, 0.1) is 0 Å². The highest BCUT2D eigenvalue weighted by Gasteiger charge is 2.30. The minimum absolute atomic E-state index is 0.0588. The average molecular weight is 574 g/mol. The zero-order valence-corrected chi connectivity index (χ0v) is 22.9. The number of nitrogens with zero attached hydrogens (tertiary/aromatic N) is 1. The van der Waals surface area contributed by atoms with Crippen LogP contribution in [0.4, 0.5) is 0 Å². The summed E-state index contributed by atoms with van der Waals surface area (Å²) in [7, 11) is 0. The second-order valence-corrected chi connectivity index (χ2v) is 10.6. The smallest absolute Gasteiger partial charge is 0.243 e. The van der Waals surface area contributed by atoms with Gasteiger partial charge in [-0.2, -0.15) is 0 Å². The first-order chi connectivity index (χ1) is 17.0. The SMILES string of the molecule is CCCNC(=O)[C@@H](Cc1ccccc1)N(Cc1cccc(Br)c1)C(=O)CSCc1ccc(Cl)cc1. The molecule has 3 aromatic carbocycles. The number of carbonyl (C=O) groups is 2. The molecule has 0 bridgehead atoms. The molecule has 4 nitrogen and oxygen atoms in total. The third-order valence-corrected chi connectivity index (χ3v) is 7.20. The van der Waals surface area contributed by atoms with Gasteiger partial charge in [0.25, 0.3) is 0 Å². The predicted molar refractivity (Wildman–Crippen MR) is 150 cm³/mol. The fraction of sp³-hybridized carbons (Fsp3) is 0.286. The molecule has 2 amide bonds. The van der Waals surface area contributed by atoms with E-state index in [1.54, 1.807) is 16.7 Å². The van der Waals surface area contributed by atoms with Crippen LogP contribution in [-0.4, -0.2) is 35.1 Å². The molecule has 1 N–H and O–H groups in total. The van der Waals surface area contributed by atoms with Gasteiger partial charge >= 0.3 is 0 Å². The lowest BCUT2D eigenvalue weighted by Gasteiger charge is -2.31. The van der Waals surface area contributed by atoms with Crippen molar-refractivity contribution in [2.24, 2.45) is 0 Å². The molecule has 0 aliphatic heterocycles. The summed E-state index contributed by atoms with van der Waals surface area (Å²) in [5.74, 6) is 0.792. The van der Waals surface area contributed by atoms with Crippen molar-refractivity contribution in [3.8, 4) is 0 Å². The Balaban J connectivity index is 1.82. The van der Waals surface area contributed by atoms with E-state index in [9.17, 15) is 9.59 Å². The summed E-state index contributed by atoms with van der Waals surface area (Å²) in [5.41, 5.74) is 3.09. The van der Waals surface area contributed by atoms with Crippen LogP contribution in [0.3, 0.4) is 0 Å². The second-order valence-electron chi connectivity index (χ2n) is 8.27. The summed E-state index contributed by atoms with van der Waals surface area (Å²) in [5, 5.41) is 3.70. The monoisotopic (exact) mass is 572 g/mol. The highest BCUT2D eigenvalue weighted by Crippen LogP contribution is 2.21. The molecule has 0 aromatic heterocycles. The van der Waals surface area contributed by atoms with Crippen molar-refractivity contribution >= 4 is 51.1 Å². The normalized spacial score (nSPS) is 11.6. The van der Waals surface area contributed by atoms with Crippen molar-refractivity contribution in [2.75, 3.05) is 12.3 Å². The predicted octanol–water partition coefficient (Wildman–Crippen LogP) is 6.50. The quantitative estimate of drug-likeness (QED) is 0.269. The molecule has 1 atom stereocenters. The van der Waals surface area contributed by atoms with Gasteiger partial charge < -0.3 is 10.2 Å². The van der Waals surface area contributed by atoms with Crippen LogP contribution in [0.5, 0.6) is 0 Å². The van der Waals surface area contributed by atoms with Crippen LogP contribution < -0.4 is 5.32 Å². The van der Waals surface area contributed by atoms with Crippen molar-refractivity contribution in [3.63, 3.8) is 0 Å². The Hall–Kier alpha value is -2.28. The lowest BCUT2D eigenvalue weighted by atomic mass is 10.0. The summed E-state index contributed by atoms with van der Waals surface area (Å²) in [4.78, 5) is 28.6. The fourth-order valence-electron chi connectivity index (χ4n) is 3.67. The average Bonchev–Trinajstić information content (AvgIpc) is 2.86. The van der Waals surface area contributed by atoms with Gasteiger partial charge in [-0.05, 0) is 47.4 Å². The number of rotatable bonds is 12. The molecule has 0 fully saturated rings. The summed E-state index contributed by atoms with van der Waals surface area (Å²) in [6.07, 6.45) is 1.29. The van der Waals surface area contributed by atoms with Crippen LogP contribution in [0.1, 0.15) is 30.0 Å². The Morgan fingerprint density at radius 1 is 0.971 bits per heavy atom. The molecule has 0 spiro atoms. The van der Waals surface area contributed by atoms with Crippen LogP contribution in [0.2, 0.25) is 5.02 Å². The topological polar surface area (TPSA) is 49.4 Å². The van der Waals surface area contributed by atoms with Gasteiger partial charge in [-0.3, -0.25) is 9.59 Å².